The average Bonchev–Trinajstić information content (AvgIpc) is 2.01. The molecule has 0 saturated heterocycles. The van der Waals surface area contributed by atoms with Crippen LogP contribution < -0.4 is 0 Å². The van der Waals surface area contributed by atoms with Crippen LogP contribution in [0, 0.1) is 0 Å². The van der Waals surface area contributed by atoms with Crippen LogP contribution in [0.15, 0.2) is 37.1 Å². The van der Waals surface area contributed by atoms with Gasteiger partial charge in [0.15, 0.2) is 0 Å². The van der Waals surface area contributed by atoms with Crippen LogP contribution >= 0.6 is 0 Å². The molecule has 0 fully saturated rings. The molecule has 0 aliphatic carbocycles. The first kappa shape index (κ1) is 11.2. The molecule has 0 rings (SSSR count). The number of aliphatic carboxylic acids is 1. The fourth-order valence-corrected chi connectivity index (χ4v) is 0.518. The molecule has 0 amide bonds. The molecular weight excluding hydrogens is 172 g/mol. The van der Waals surface area contributed by atoms with Gasteiger partial charge in [-0.15, -0.1) is 6.58 Å². The van der Waals surface area contributed by atoms with E-state index >= 15 is 0 Å². The molecular formula is C9H10O4. The Hall–Kier alpha value is -1.84. The molecule has 0 aliphatic rings. The third-order valence-electron chi connectivity index (χ3n) is 0.979. The van der Waals surface area contributed by atoms with E-state index in [2.05, 4.69) is 17.9 Å². The van der Waals surface area contributed by atoms with Gasteiger partial charge in [0.05, 0.1) is 0 Å². The maximum absolute atomic E-state index is 10.8. The summed E-state index contributed by atoms with van der Waals surface area (Å²) in [6.07, 6.45) is 3.39. The lowest BCUT2D eigenvalue weighted by atomic mass is 10.4. The molecule has 70 valence electrons. The summed E-state index contributed by atoms with van der Waals surface area (Å²) in [5.41, 5.74) is 0. The van der Waals surface area contributed by atoms with Crippen molar-refractivity contribution in [2.45, 2.75) is 6.42 Å². The maximum Gasteiger partial charge on any atom is 0.336 e. The topological polar surface area (TPSA) is 63.6 Å². The van der Waals surface area contributed by atoms with Gasteiger partial charge in [-0.3, -0.25) is 0 Å². The van der Waals surface area contributed by atoms with E-state index in [0.717, 1.165) is 6.08 Å². The summed E-state index contributed by atoms with van der Waals surface area (Å²) in [4.78, 5) is 20.7. The second kappa shape index (κ2) is 5.77. The highest BCUT2D eigenvalue weighted by Crippen LogP contribution is 2.01. The fraction of sp³-hybridized carbons (Fsp3) is 0.111. The third-order valence-corrected chi connectivity index (χ3v) is 0.979. The Balaban J connectivity index is 3.94. The number of carbonyl (C=O) groups is 2. The Labute approximate surface area is 75.8 Å². The minimum absolute atomic E-state index is 0.232. The molecule has 0 aromatic rings. The first-order valence-corrected chi connectivity index (χ1v) is 3.47. The number of allylic oxidation sites excluding steroid dienone is 1. The van der Waals surface area contributed by atoms with Crippen molar-refractivity contribution in [3.8, 4) is 0 Å². The van der Waals surface area contributed by atoms with Crippen molar-refractivity contribution in [3.63, 3.8) is 0 Å². The van der Waals surface area contributed by atoms with Crippen LogP contribution in [0.2, 0.25) is 0 Å². The van der Waals surface area contributed by atoms with Crippen LogP contribution in [-0.2, 0) is 14.3 Å². The molecule has 0 atom stereocenters. The molecule has 4 heteroatoms. The minimum Gasteiger partial charge on any atom is -0.478 e. The summed E-state index contributed by atoms with van der Waals surface area (Å²) in [5, 5.41) is 8.17. The van der Waals surface area contributed by atoms with Gasteiger partial charge in [-0.05, 0) is 0 Å². The van der Waals surface area contributed by atoms with Crippen molar-refractivity contribution < 1.29 is 19.4 Å². The van der Waals surface area contributed by atoms with Crippen molar-refractivity contribution in [1.82, 2.24) is 0 Å². The lowest BCUT2D eigenvalue weighted by Crippen LogP contribution is -2.00. The Kier molecular flexibility index (Phi) is 4.95. The van der Waals surface area contributed by atoms with Crippen molar-refractivity contribution in [1.29, 1.82) is 0 Å². The Morgan fingerprint density at radius 3 is 2.46 bits per heavy atom. The molecule has 0 aliphatic heterocycles. The van der Waals surface area contributed by atoms with Crippen LogP contribution in [0.1, 0.15) is 6.42 Å². The van der Waals surface area contributed by atoms with E-state index in [1.54, 1.807) is 0 Å². The van der Waals surface area contributed by atoms with Crippen LogP contribution in [0.25, 0.3) is 0 Å². The Bertz CT molecular complexity index is 263. The lowest BCUT2D eigenvalue weighted by molar-refractivity contribution is -0.135. The smallest absolute Gasteiger partial charge is 0.336 e. The molecule has 13 heavy (non-hydrogen) atoms. The highest BCUT2D eigenvalue weighted by atomic mass is 16.5. The van der Waals surface area contributed by atoms with Gasteiger partial charge in [0.2, 0.25) is 0 Å². The molecule has 4 nitrogen and oxygen atoms in total. The molecule has 0 aromatic carbocycles. The number of carboxylic acid groups (broad SMARTS) is 1. The van der Waals surface area contributed by atoms with Gasteiger partial charge in [-0.2, -0.15) is 0 Å². The van der Waals surface area contributed by atoms with E-state index in [0.29, 0.717) is 12.5 Å². The zero-order valence-corrected chi connectivity index (χ0v) is 7.03. The lowest BCUT2D eigenvalue weighted by Gasteiger charge is -2.00. The molecule has 0 heterocycles. The van der Waals surface area contributed by atoms with E-state index in [1.807, 2.05) is 0 Å². The van der Waals surface area contributed by atoms with E-state index in [1.165, 1.54) is 6.08 Å². The summed E-state index contributed by atoms with van der Waals surface area (Å²) in [6, 6.07) is 0. The van der Waals surface area contributed by atoms with Crippen LogP contribution in [0.5, 0.6) is 0 Å². The van der Waals surface area contributed by atoms with E-state index < -0.39 is 11.9 Å². The number of hydrogen-bond acceptors (Lipinski definition) is 3. The predicted molar refractivity (Wildman–Crippen MR) is 46.8 cm³/mol. The molecule has 0 radical (unpaired) electrons. The molecule has 0 bridgehead atoms. The first-order chi connectivity index (χ1) is 6.06. The summed E-state index contributed by atoms with van der Waals surface area (Å²) < 4.78 is 4.59. The van der Waals surface area contributed by atoms with Gasteiger partial charge in [0.25, 0.3) is 0 Å². The largest absolute Gasteiger partial charge is 0.478 e. The minimum atomic E-state index is -1.20. The van der Waals surface area contributed by atoms with E-state index in [4.69, 9.17) is 5.11 Å². The van der Waals surface area contributed by atoms with Gasteiger partial charge >= 0.3 is 11.9 Å². The number of ether oxygens (including phenoxy) is 1. The number of rotatable bonds is 5. The zero-order chi connectivity index (χ0) is 10.3. The molecule has 1 N–H and O–H groups in total. The van der Waals surface area contributed by atoms with Crippen molar-refractivity contribution in [2.75, 3.05) is 0 Å². The standard InChI is InChI=1S/C9H10O4/c1-3-4-7(2)13-9(12)6-5-8(10)11/h3,5-6H,1-2,4H2,(H,10,11)/b6-5-. The predicted octanol–water partition coefficient (Wildman–Crippen LogP) is 1.26. The van der Waals surface area contributed by atoms with Crippen molar-refractivity contribution in [2.24, 2.45) is 0 Å². The SMILES string of the molecule is C=CCC(=C)OC(=O)/C=C\C(=O)O. The number of esters is 1. The number of hydrogen-bond donors (Lipinski definition) is 1. The summed E-state index contributed by atoms with van der Waals surface area (Å²) >= 11 is 0. The van der Waals surface area contributed by atoms with Crippen LogP contribution in [0.4, 0.5) is 0 Å². The number of carboxylic acids is 1. The molecule has 0 aromatic heterocycles. The van der Waals surface area contributed by atoms with Crippen LogP contribution in [0.3, 0.4) is 0 Å². The zero-order valence-electron chi connectivity index (χ0n) is 7.03. The Morgan fingerprint density at radius 1 is 1.38 bits per heavy atom. The summed E-state index contributed by atoms with van der Waals surface area (Å²) in [6.45, 7) is 6.83. The maximum atomic E-state index is 10.8. The third kappa shape index (κ3) is 6.55. The molecule has 0 unspecified atom stereocenters. The van der Waals surface area contributed by atoms with Gasteiger partial charge in [0, 0.05) is 18.6 Å². The monoisotopic (exact) mass is 182 g/mol. The highest BCUT2D eigenvalue weighted by molar-refractivity contribution is 5.91. The second-order valence-corrected chi connectivity index (χ2v) is 2.12. The summed E-state index contributed by atoms with van der Waals surface area (Å²) in [7, 11) is 0. The van der Waals surface area contributed by atoms with Gasteiger partial charge in [-0.25, -0.2) is 9.59 Å². The normalized spacial score (nSPS) is 9.54. The van der Waals surface area contributed by atoms with Gasteiger partial charge in [0.1, 0.15) is 5.76 Å². The van der Waals surface area contributed by atoms with Gasteiger partial charge in [-0.1, -0.05) is 12.7 Å². The van der Waals surface area contributed by atoms with Crippen LogP contribution in [-0.4, -0.2) is 17.0 Å². The molecule has 0 saturated carbocycles. The first-order valence-electron chi connectivity index (χ1n) is 3.47. The molecule has 0 spiro atoms. The second-order valence-electron chi connectivity index (χ2n) is 2.12. The van der Waals surface area contributed by atoms with E-state index in [9.17, 15) is 9.59 Å². The quantitative estimate of drug-likeness (QED) is 0.301. The fourth-order valence-electron chi connectivity index (χ4n) is 0.518. The highest BCUT2D eigenvalue weighted by Gasteiger charge is 2.00. The number of carbonyl (C=O) groups excluding carboxylic acids is 1. The van der Waals surface area contributed by atoms with E-state index in [-0.39, 0.29) is 5.76 Å². The summed E-state index contributed by atoms with van der Waals surface area (Å²) in [5.74, 6) is -1.73. The Morgan fingerprint density at radius 2 is 2.00 bits per heavy atom. The van der Waals surface area contributed by atoms with Crippen molar-refractivity contribution in [3.05, 3.63) is 37.1 Å². The van der Waals surface area contributed by atoms with Crippen molar-refractivity contribution >= 4 is 11.9 Å². The average molecular weight is 182 g/mol. The van der Waals surface area contributed by atoms with Gasteiger partial charge < -0.3 is 9.84 Å².